The zero-order valence-corrected chi connectivity index (χ0v) is 22.8. The summed E-state index contributed by atoms with van der Waals surface area (Å²) in [4.78, 5) is 25.4. The summed E-state index contributed by atoms with van der Waals surface area (Å²) < 4.78 is 32.7. The van der Waals surface area contributed by atoms with Gasteiger partial charge in [0, 0.05) is 17.0 Å². The molecule has 198 valence electrons. The van der Waals surface area contributed by atoms with Gasteiger partial charge in [-0.2, -0.15) is 0 Å². The molecule has 2 N–H and O–H groups in total. The molecule has 0 saturated heterocycles. The number of benzene rings is 3. The maximum atomic E-state index is 13.1. The van der Waals surface area contributed by atoms with Gasteiger partial charge >= 0.3 is 0 Å². The number of amides is 2. The van der Waals surface area contributed by atoms with Gasteiger partial charge in [-0.3, -0.25) is 9.59 Å². The first kappa shape index (κ1) is 27.4. The van der Waals surface area contributed by atoms with Gasteiger partial charge in [-0.15, -0.1) is 0 Å². The van der Waals surface area contributed by atoms with Crippen LogP contribution in [0.25, 0.3) is 5.57 Å². The monoisotopic (exact) mass is 552 g/mol. The summed E-state index contributed by atoms with van der Waals surface area (Å²) in [6.07, 6.45) is 1.73. The second-order valence-corrected chi connectivity index (χ2v) is 11.2. The summed E-state index contributed by atoms with van der Waals surface area (Å²) in [7, 11) is -4.01. The fourth-order valence-electron chi connectivity index (χ4n) is 4.47. The molecule has 9 heteroatoms. The number of carbonyl (C=O) groups excluding carboxylic acids is 2. The van der Waals surface area contributed by atoms with Crippen LogP contribution in [0, 0.1) is 13.8 Å². The average Bonchev–Trinajstić information content (AvgIpc) is 3.27. The number of rotatable bonds is 10. The lowest BCUT2D eigenvalue weighted by atomic mass is 10.0. The predicted molar refractivity (Wildman–Crippen MR) is 148 cm³/mol. The van der Waals surface area contributed by atoms with Crippen molar-refractivity contribution in [3.63, 3.8) is 0 Å². The lowest BCUT2D eigenvalue weighted by Gasteiger charge is -2.12. The maximum Gasteiger partial charge on any atom is 0.264 e. The lowest BCUT2D eigenvalue weighted by molar-refractivity contribution is -0.123. The van der Waals surface area contributed by atoms with Crippen molar-refractivity contribution >= 4 is 39.0 Å². The van der Waals surface area contributed by atoms with E-state index in [0.717, 1.165) is 38.6 Å². The van der Waals surface area contributed by atoms with Crippen LogP contribution in [0.1, 0.15) is 35.1 Å². The smallest absolute Gasteiger partial charge is 0.264 e. The van der Waals surface area contributed by atoms with Crippen LogP contribution in [0.4, 0.5) is 0 Å². The topological polar surface area (TPSA) is 102 Å². The average molecular weight is 553 g/mol. The summed E-state index contributed by atoms with van der Waals surface area (Å²) in [6.45, 7) is 3.87. The second kappa shape index (κ2) is 11.8. The third kappa shape index (κ3) is 6.44. The summed E-state index contributed by atoms with van der Waals surface area (Å²) in [5.74, 6) is -0.463. The highest BCUT2D eigenvalue weighted by molar-refractivity contribution is 7.90. The molecule has 0 fully saturated rings. The molecule has 2 amide bonds. The number of halogens is 1. The van der Waals surface area contributed by atoms with Gasteiger partial charge in [-0.25, -0.2) is 13.1 Å². The van der Waals surface area contributed by atoms with Crippen LogP contribution in [0.2, 0.25) is 5.02 Å². The minimum absolute atomic E-state index is 0.0259. The van der Waals surface area contributed by atoms with E-state index in [1.165, 1.54) is 12.1 Å². The minimum Gasteiger partial charge on any atom is -0.494 e. The molecule has 0 unspecified atom stereocenters. The maximum absolute atomic E-state index is 13.1. The first-order chi connectivity index (χ1) is 18.2. The van der Waals surface area contributed by atoms with Crippen LogP contribution in [0.15, 0.2) is 77.2 Å². The van der Waals surface area contributed by atoms with Gasteiger partial charge in [0.05, 0.1) is 18.0 Å². The summed E-state index contributed by atoms with van der Waals surface area (Å²) >= 11 is 6.24. The van der Waals surface area contributed by atoms with E-state index in [2.05, 4.69) is 5.32 Å². The zero-order valence-electron chi connectivity index (χ0n) is 21.2. The fourth-order valence-corrected chi connectivity index (χ4v) is 5.59. The van der Waals surface area contributed by atoms with Crippen LogP contribution in [-0.2, 0) is 26.0 Å². The van der Waals surface area contributed by atoms with Gasteiger partial charge < -0.3 is 10.1 Å². The standard InChI is InChI=1S/C29H29ClN2O5S/c1-19-15-22(16-20(2)28(19)30)37-14-8-13-25-24-12-7-6-9-21(24)17-26(25)29(34)31-18-27(33)32-38(35,36)23-10-4-3-5-11-23/h3-7,9-12,15-16H,8,13-14,17-18H2,1-2H3,(H,31,34)(H,32,33). The summed E-state index contributed by atoms with van der Waals surface area (Å²) in [5.41, 5.74) is 5.42. The summed E-state index contributed by atoms with van der Waals surface area (Å²) in [5, 5.41) is 3.31. The molecule has 38 heavy (non-hydrogen) atoms. The van der Waals surface area contributed by atoms with E-state index in [9.17, 15) is 18.0 Å². The van der Waals surface area contributed by atoms with Crippen molar-refractivity contribution in [2.45, 2.75) is 38.0 Å². The van der Waals surface area contributed by atoms with E-state index < -0.39 is 28.4 Å². The molecule has 1 aliphatic rings. The van der Waals surface area contributed by atoms with Crippen molar-refractivity contribution in [3.8, 4) is 5.75 Å². The third-order valence-electron chi connectivity index (χ3n) is 6.31. The number of sulfonamides is 1. The Morgan fingerprint density at radius 3 is 2.34 bits per heavy atom. The first-order valence-corrected chi connectivity index (χ1v) is 14.1. The Labute approximate surface area is 227 Å². The molecule has 3 aromatic carbocycles. The van der Waals surface area contributed by atoms with Crippen LogP contribution in [0.5, 0.6) is 5.75 Å². The molecule has 0 aliphatic heterocycles. The molecule has 0 spiro atoms. The quantitative estimate of drug-likeness (QED) is 0.354. The van der Waals surface area contributed by atoms with Crippen LogP contribution >= 0.6 is 11.6 Å². The number of nitrogens with one attached hydrogen (secondary N) is 2. The van der Waals surface area contributed by atoms with E-state index in [1.54, 1.807) is 18.2 Å². The van der Waals surface area contributed by atoms with Gasteiger partial charge in [0.25, 0.3) is 15.9 Å². The minimum atomic E-state index is -4.01. The number of hydrogen-bond donors (Lipinski definition) is 2. The number of aryl methyl sites for hydroxylation is 2. The van der Waals surface area contributed by atoms with Gasteiger partial charge in [0.15, 0.2) is 0 Å². The Morgan fingerprint density at radius 2 is 1.63 bits per heavy atom. The van der Waals surface area contributed by atoms with Gasteiger partial charge in [0.2, 0.25) is 5.91 Å². The van der Waals surface area contributed by atoms with Crippen molar-refractivity contribution in [3.05, 3.63) is 99.6 Å². The number of carbonyl (C=O) groups is 2. The molecule has 0 saturated carbocycles. The molecule has 0 atom stereocenters. The molecular formula is C29H29ClN2O5S. The molecule has 0 heterocycles. The van der Waals surface area contributed by atoms with Gasteiger partial charge in [-0.05, 0) is 78.8 Å². The Bertz CT molecular complexity index is 1480. The highest BCUT2D eigenvalue weighted by Crippen LogP contribution is 2.36. The Balaban J connectivity index is 1.39. The van der Waals surface area contributed by atoms with E-state index in [0.29, 0.717) is 31.4 Å². The van der Waals surface area contributed by atoms with Gasteiger partial charge in [-0.1, -0.05) is 54.1 Å². The Hall–Kier alpha value is -3.62. The number of fused-ring (bicyclic) bond motifs is 1. The van der Waals surface area contributed by atoms with Crippen LogP contribution in [-0.4, -0.2) is 33.4 Å². The largest absolute Gasteiger partial charge is 0.494 e. The van der Waals surface area contributed by atoms with Crippen LogP contribution in [0.3, 0.4) is 0 Å². The highest BCUT2D eigenvalue weighted by atomic mass is 35.5. The normalized spacial score (nSPS) is 12.7. The highest BCUT2D eigenvalue weighted by Gasteiger charge is 2.26. The number of allylic oxidation sites excluding steroid dienone is 1. The molecule has 3 aromatic rings. The Kier molecular flexibility index (Phi) is 8.54. The van der Waals surface area contributed by atoms with E-state index >= 15 is 0 Å². The lowest BCUT2D eigenvalue weighted by Crippen LogP contribution is -2.40. The molecule has 0 aromatic heterocycles. The molecule has 0 radical (unpaired) electrons. The summed E-state index contributed by atoms with van der Waals surface area (Å²) in [6, 6.07) is 19.2. The molecule has 0 bridgehead atoms. The molecule has 1 aliphatic carbocycles. The predicted octanol–water partition coefficient (Wildman–Crippen LogP) is 4.75. The van der Waals surface area contributed by atoms with Crippen LogP contribution < -0.4 is 14.8 Å². The van der Waals surface area contributed by atoms with E-state index in [1.807, 2.05) is 55.0 Å². The van der Waals surface area contributed by atoms with Crippen molar-refractivity contribution in [2.75, 3.05) is 13.2 Å². The van der Waals surface area contributed by atoms with E-state index in [-0.39, 0.29) is 4.90 Å². The zero-order chi connectivity index (χ0) is 27.3. The molecular weight excluding hydrogens is 524 g/mol. The number of hydrogen-bond acceptors (Lipinski definition) is 5. The fraction of sp³-hybridized carbons (Fsp3) is 0.241. The SMILES string of the molecule is Cc1cc(OCCCC2=C(C(=O)NCC(=O)NS(=O)(=O)c3ccccc3)Cc3ccccc32)cc(C)c1Cl. The third-order valence-corrected chi connectivity index (χ3v) is 8.29. The van der Waals surface area contributed by atoms with Gasteiger partial charge in [0.1, 0.15) is 5.75 Å². The number of ether oxygens (including phenoxy) is 1. The first-order valence-electron chi connectivity index (χ1n) is 12.2. The van der Waals surface area contributed by atoms with E-state index in [4.69, 9.17) is 16.3 Å². The van der Waals surface area contributed by atoms with Crippen molar-refractivity contribution in [2.24, 2.45) is 0 Å². The van der Waals surface area contributed by atoms with Crippen molar-refractivity contribution in [1.29, 1.82) is 0 Å². The molecule has 7 nitrogen and oxygen atoms in total. The Morgan fingerprint density at radius 1 is 0.974 bits per heavy atom. The van der Waals surface area contributed by atoms with Crippen molar-refractivity contribution in [1.82, 2.24) is 10.0 Å². The second-order valence-electron chi connectivity index (χ2n) is 9.14. The van der Waals surface area contributed by atoms with Crippen molar-refractivity contribution < 1.29 is 22.7 Å². The molecule has 4 rings (SSSR count).